The summed E-state index contributed by atoms with van der Waals surface area (Å²) in [5.74, 6) is 1.99. The minimum Gasteiger partial charge on any atom is -0.497 e. The summed E-state index contributed by atoms with van der Waals surface area (Å²) in [7, 11) is 1.63. The molecule has 1 aliphatic carbocycles. The monoisotopic (exact) mass is 345 g/mol. The van der Waals surface area contributed by atoms with Crippen molar-refractivity contribution in [1.29, 1.82) is 0 Å². The van der Waals surface area contributed by atoms with Gasteiger partial charge in [-0.05, 0) is 43.0 Å². The lowest BCUT2D eigenvalue weighted by Gasteiger charge is -2.30. The van der Waals surface area contributed by atoms with E-state index < -0.39 is 0 Å². The molecule has 2 saturated heterocycles. The number of carbonyl (C=O) groups excluding carboxylic acids is 1. The zero-order valence-corrected chi connectivity index (χ0v) is 14.9. The minimum atomic E-state index is -0.0219. The van der Waals surface area contributed by atoms with Crippen molar-refractivity contribution >= 4 is 5.91 Å². The summed E-state index contributed by atoms with van der Waals surface area (Å²) in [5, 5.41) is 0. The van der Waals surface area contributed by atoms with Crippen LogP contribution in [0.3, 0.4) is 0 Å². The Kier molecular flexibility index (Phi) is 4.69. The number of carbonyl (C=O) groups is 1. The average molecular weight is 345 g/mol. The number of ether oxygens (including phenoxy) is 3. The summed E-state index contributed by atoms with van der Waals surface area (Å²) in [5.41, 5.74) is 0.693. The zero-order valence-electron chi connectivity index (χ0n) is 14.9. The van der Waals surface area contributed by atoms with Gasteiger partial charge in [-0.3, -0.25) is 4.79 Å². The second kappa shape index (κ2) is 6.96. The van der Waals surface area contributed by atoms with Gasteiger partial charge in [0, 0.05) is 36.6 Å². The topological polar surface area (TPSA) is 48.0 Å². The van der Waals surface area contributed by atoms with Crippen molar-refractivity contribution in [1.82, 2.24) is 4.90 Å². The Balaban J connectivity index is 1.39. The number of rotatable bonds is 6. The van der Waals surface area contributed by atoms with Crippen LogP contribution in [0.4, 0.5) is 0 Å². The van der Waals surface area contributed by atoms with Crippen LogP contribution in [0.5, 0.6) is 5.75 Å². The van der Waals surface area contributed by atoms with Gasteiger partial charge in [0.2, 0.25) is 0 Å². The SMILES string of the molecule is COc1ccc(C(=O)N2C[C@@H]3COC[C@]3(COCC3CCC3)C2)cc1. The van der Waals surface area contributed by atoms with E-state index in [1.165, 1.54) is 19.3 Å². The van der Waals surface area contributed by atoms with E-state index in [1.54, 1.807) is 7.11 Å². The van der Waals surface area contributed by atoms with Gasteiger partial charge < -0.3 is 19.1 Å². The molecule has 2 atom stereocenters. The van der Waals surface area contributed by atoms with Crippen LogP contribution in [0.1, 0.15) is 29.6 Å². The third-order valence-electron chi connectivity index (χ3n) is 6.11. The van der Waals surface area contributed by atoms with Crippen LogP contribution < -0.4 is 4.74 Å². The van der Waals surface area contributed by atoms with Gasteiger partial charge in [-0.25, -0.2) is 0 Å². The van der Waals surface area contributed by atoms with E-state index in [2.05, 4.69) is 0 Å². The number of fused-ring (bicyclic) bond motifs is 1. The highest BCUT2D eigenvalue weighted by Gasteiger charge is 2.52. The Morgan fingerprint density at radius 2 is 2.12 bits per heavy atom. The lowest BCUT2D eigenvalue weighted by atomic mass is 9.81. The van der Waals surface area contributed by atoms with Crippen LogP contribution >= 0.6 is 0 Å². The van der Waals surface area contributed by atoms with E-state index in [-0.39, 0.29) is 11.3 Å². The number of benzene rings is 1. The lowest BCUT2D eigenvalue weighted by Crippen LogP contribution is -2.38. The van der Waals surface area contributed by atoms with Crippen LogP contribution in [0, 0.1) is 17.3 Å². The Morgan fingerprint density at radius 3 is 2.80 bits per heavy atom. The number of likely N-dealkylation sites (tertiary alicyclic amines) is 1. The third kappa shape index (κ3) is 3.27. The largest absolute Gasteiger partial charge is 0.497 e. The molecule has 25 heavy (non-hydrogen) atoms. The molecular formula is C20H27NO4. The number of methoxy groups -OCH3 is 1. The second-order valence-electron chi connectivity index (χ2n) is 7.80. The summed E-state index contributed by atoms with van der Waals surface area (Å²) in [6.45, 7) is 4.50. The highest BCUT2D eigenvalue weighted by molar-refractivity contribution is 5.94. The summed E-state index contributed by atoms with van der Waals surface area (Å²) < 4.78 is 17.0. The van der Waals surface area contributed by atoms with Crippen LogP contribution in [-0.2, 0) is 9.47 Å². The molecule has 2 heterocycles. The Labute approximate surface area is 149 Å². The highest BCUT2D eigenvalue weighted by Crippen LogP contribution is 2.42. The van der Waals surface area contributed by atoms with Gasteiger partial charge in [0.25, 0.3) is 5.91 Å². The van der Waals surface area contributed by atoms with Crippen molar-refractivity contribution in [2.24, 2.45) is 17.3 Å². The van der Waals surface area contributed by atoms with Gasteiger partial charge in [0.15, 0.2) is 0 Å². The predicted molar refractivity (Wildman–Crippen MR) is 93.8 cm³/mol. The Bertz CT molecular complexity index is 613. The second-order valence-corrected chi connectivity index (χ2v) is 7.80. The summed E-state index contributed by atoms with van der Waals surface area (Å²) in [6, 6.07) is 7.35. The predicted octanol–water partition coefficient (Wildman–Crippen LogP) is 2.60. The fourth-order valence-electron chi connectivity index (χ4n) is 4.20. The molecular weight excluding hydrogens is 318 g/mol. The van der Waals surface area contributed by atoms with Gasteiger partial charge >= 0.3 is 0 Å². The van der Waals surface area contributed by atoms with E-state index in [9.17, 15) is 4.79 Å². The third-order valence-corrected chi connectivity index (χ3v) is 6.11. The number of hydrogen-bond acceptors (Lipinski definition) is 4. The van der Waals surface area contributed by atoms with Crippen LogP contribution in [0.15, 0.2) is 24.3 Å². The molecule has 3 aliphatic rings. The van der Waals surface area contributed by atoms with Gasteiger partial charge in [-0.15, -0.1) is 0 Å². The zero-order chi connectivity index (χ0) is 17.3. The maximum atomic E-state index is 12.9. The Morgan fingerprint density at radius 1 is 1.32 bits per heavy atom. The number of nitrogens with zero attached hydrogens (tertiary/aromatic N) is 1. The smallest absolute Gasteiger partial charge is 0.253 e. The molecule has 1 aromatic rings. The first-order valence-corrected chi connectivity index (χ1v) is 9.29. The van der Waals surface area contributed by atoms with Crippen LogP contribution in [0.2, 0.25) is 0 Å². The normalized spacial score (nSPS) is 28.7. The molecule has 136 valence electrons. The van der Waals surface area contributed by atoms with Crippen molar-refractivity contribution < 1.29 is 19.0 Å². The van der Waals surface area contributed by atoms with Crippen LogP contribution in [0.25, 0.3) is 0 Å². The molecule has 0 bridgehead atoms. The Hall–Kier alpha value is -1.59. The summed E-state index contributed by atoms with van der Waals surface area (Å²) in [4.78, 5) is 14.8. The van der Waals surface area contributed by atoms with Crippen molar-refractivity contribution in [3.63, 3.8) is 0 Å². The first-order valence-electron chi connectivity index (χ1n) is 9.29. The van der Waals surface area contributed by atoms with E-state index in [4.69, 9.17) is 14.2 Å². The maximum absolute atomic E-state index is 12.9. The molecule has 0 N–H and O–H groups in total. The highest BCUT2D eigenvalue weighted by atomic mass is 16.5. The molecule has 0 spiro atoms. The molecule has 1 saturated carbocycles. The van der Waals surface area contributed by atoms with Crippen molar-refractivity contribution in [2.45, 2.75) is 19.3 Å². The van der Waals surface area contributed by atoms with E-state index >= 15 is 0 Å². The first-order chi connectivity index (χ1) is 12.2. The standard InChI is InChI=1S/C20H27NO4/c1-23-18-7-5-16(6-8-18)19(22)21-9-17-11-25-14-20(17,12-21)13-24-10-15-3-2-4-15/h5-8,15,17H,2-4,9-14H2,1H3/t17-,20-/m1/s1. The van der Waals surface area contributed by atoms with Gasteiger partial charge in [0.05, 0.1) is 26.9 Å². The van der Waals surface area contributed by atoms with Crippen molar-refractivity contribution in [2.75, 3.05) is 46.6 Å². The molecule has 5 nitrogen and oxygen atoms in total. The number of amides is 1. The molecule has 0 radical (unpaired) electrons. The van der Waals surface area contributed by atoms with Crippen molar-refractivity contribution in [3.8, 4) is 5.75 Å². The molecule has 2 aliphatic heterocycles. The average Bonchev–Trinajstić information content (AvgIpc) is 3.13. The van der Waals surface area contributed by atoms with Gasteiger partial charge in [-0.2, -0.15) is 0 Å². The summed E-state index contributed by atoms with van der Waals surface area (Å²) in [6.07, 6.45) is 3.94. The maximum Gasteiger partial charge on any atom is 0.253 e. The summed E-state index contributed by atoms with van der Waals surface area (Å²) >= 11 is 0. The van der Waals surface area contributed by atoms with Gasteiger partial charge in [-0.1, -0.05) is 6.42 Å². The first kappa shape index (κ1) is 16.9. The van der Waals surface area contributed by atoms with Gasteiger partial charge in [0.1, 0.15) is 5.75 Å². The molecule has 1 aromatic carbocycles. The molecule has 3 fully saturated rings. The molecule has 0 aromatic heterocycles. The molecule has 5 heteroatoms. The lowest BCUT2D eigenvalue weighted by molar-refractivity contribution is -0.0000944. The van der Waals surface area contributed by atoms with E-state index in [0.717, 1.165) is 38.0 Å². The minimum absolute atomic E-state index is 0.0219. The fourth-order valence-corrected chi connectivity index (χ4v) is 4.20. The van der Waals surface area contributed by atoms with E-state index in [0.29, 0.717) is 24.7 Å². The molecule has 4 rings (SSSR count). The van der Waals surface area contributed by atoms with Crippen LogP contribution in [-0.4, -0.2) is 57.4 Å². The quantitative estimate of drug-likeness (QED) is 0.795. The molecule has 1 amide bonds. The van der Waals surface area contributed by atoms with Crippen molar-refractivity contribution in [3.05, 3.63) is 29.8 Å². The van der Waals surface area contributed by atoms with E-state index in [1.807, 2.05) is 29.2 Å². The number of hydrogen-bond donors (Lipinski definition) is 0. The molecule has 0 unspecified atom stereocenters. The fraction of sp³-hybridized carbons (Fsp3) is 0.650.